The molecule has 0 unspecified atom stereocenters. The molecule has 0 heterocycles. The van der Waals surface area contributed by atoms with Crippen molar-refractivity contribution >= 4 is 24.1 Å². The van der Waals surface area contributed by atoms with Crippen LogP contribution in [0.4, 0.5) is 35.9 Å². The summed E-state index contributed by atoms with van der Waals surface area (Å²) >= 11 is 0. The second kappa shape index (κ2) is 23.9. The summed E-state index contributed by atoms with van der Waals surface area (Å²) in [7, 11) is 0. The zero-order valence-corrected chi connectivity index (χ0v) is 30.6. The molecule has 4 rings (SSSR count). The van der Waals surface area contributed by atoms with Crippen LogP contribution in [0.5, 0.6) is 0 Å². The number of nitrogens with one attached hydrogen (secondary N) is 2. The number of hydrogen-bond donors (Lipinski definition) is 3. The van der Waals surface area contributed by atoms with E-state index in [2.05, 4.69) is 10.6 Å². The number of carboxylic acid groups (broad SMARTS) is 1. The molecular weight excluding hydrogens is 774 g/mol. The Labute approximate surface area is 333 Å². The van der Waals surface area contributed by atoms with Gasteiger partial charge in [-0.1, -0.05) is 75.5 Å². The number of carboxylic acids is 1. The first-order valence-electron chi connectivity index (χ1n) is 17.0. The largest absolute Gasteiger partial charge is 0.481 e. The van der Waals surface area contributed by atoms with E-state index in [1.807, 2.05) is 6.07 Å². The number of amides is 2. The number of benzene rings is 4. The van der Waals surface area contributed by atoms with Crippen molar-refractivity contribution in [2.75, 3.05) is 0 Å². The third-order valence-corrected chi connectivity index (χ3v) is 7.43. The van der Waals surface area contributed by atoms with Crippen molar-refractivity contribution in [1.82, 2.24) is 10.6 Å². The molecule has 2 amide bonds. The van der Waals surface area contributed by atoms with E-state index in [0.717, 1.165) is 11.1 Å². The van der Waals surface area contributed by atoms with Crippen LogP contribution >= 0.6 is 0 Å². The smallest absolute Gasteiger partial charge is 0.407 e. The van der Waals surface area contributed by atoms with Crippen LogP contribution in [0, 0.1) is 34.9 Å². The summed E-state index contributed by atoms with van der Waals surface area (Å²) < 4.78 is 96.1. The van der Waals surface area contributed by atoms with Gasteiger partial charge in [0.2, 0.25) is 0 Å². The van der Waals surface area contributed by atoms with Crippen LogP contribution in [0.1, 0.15) is 70.7 Å². The first kappa shape index (κ1) is 50.0. The molecule has 0 saturated carbocycles. The Morgan fingerprint density at radius 3 is 1.31 bits per heavy atom. The third kappa shape index (κ3) is 18.3. The molecule has 4 aromatic rings. The maximum absolute atomic E-state index is 14.0. The zero-order valence-electron chi connectivity index (χ0n) is 30.6. The number of carbonyl (C=O) groups excluding carboxylic acids is 3. The Balaban J connectivity index is 0.000000566. The molecule has 0 aliphatic rings. The fourth-order valence-electron chi connectivity index (χ4n) is 4.98. The van der Waals surface area contributed by atoms with Crippen LogP contribution in [-0.4, -0.2) is 46.9 Å². The highest BCUT2D eigenvalue weighted by Gasteiger charge is 2.25. The quantitative estimate of drug-likeness (QED) is 0.0495. The van der Waals surface area contributed by atoms with Gasteiger partial charge in [0.25, 0.3) is 0 Å². The van der Waals surface area contributed by atoms with Gasteiger partial charge in [0.1, 0.15) is 30.4 Å². The molecule has 0 aliphatic carbocycles. The molecule has 0 spiro atoms. The van der Waals surface area contributed by atoms with E-state index in [1.165, 1.54) is 0 Å². The van der Waals surface area contributed by atoms with Crippen molar-refractivity contribution in [2.24, 2.45) is 0 Å². The lowest BCUT2D eigenvalue weighted by Gasteiger charge is -2.23. The lowest BCUT2D eigenvalue weighted by Crippen LogP contribution is -2.40. The zero-order chi connectivity index (χ0) is 41.4. The minimum absolute atomic E-state index is 0. The maximum atomic E-state index is 14.0. The molecule has 4 aromatic carbocycles. The number of alkyl carbamates (subject to hydrolysis) is 2. The van der Waals surface area contributed by atoms with E-state index < -0.39 is 83.1 Å². The number of carbonyl (C=O) groups is 4. The van der Waals surface area contributed by atoms with Gasteiger partial charge < -0.3 is 30.0 Å². The predicted octanol–water partition coefficient (Wildman–Crippen LogP) is 9.36. The lowest BCUT2D eigenvalue weighted by molar-refractivity contribution is -0.155. The molecule has 16 heteroatoms. The van der Waals surface area contributed by atoms with Crippen LogP contribution < -0.4 is 10.6 Å². The third-order valence-electron chi connectivity index (χ3n) is 7.43. The molecule has 0 saturated heterocycles. The van der Waals surface area contributed by atoms with Crippen molar-refractivity contribution in [1.29, 1.82) is 0 Å². The predicted molar refractivity (Wildman–Crippen MR) is 203 cm³/mol. The molecule has 0 fully saturated rings. The normalized spacial score (nSPS) is 11.5. The number of rotatable bonds is 14. The number of aliphatic carboxylic acids is 1. The van der Waals surface area contributed by atoms with E-state index in [9.17, 15) is 45.5 Å². The fraction of sp³-hybridized carbons (Fsp3) is 0.333. The fourth-order valence-corrected chi connectivity index (χ4v) is 4.98. The number of esters is 1. The summed E-state index contributed by atoms with van der Waals surface area (Å²) in [5, 5.41) is 13.7. The van der Waals surface area contributed by atoms with Gasteiger partial charge in [-0.15, -0.1) is 0 Å². The van der Waals surface area contributed by atoms with Crippen molar-refractivity contribution in [3.8, 4) is 0 Å². The summed E-state index contributed by atoms with van der Waals surface area (Å²) in [6.07, 6.45) is -3.19. The molecule has 0 bridgehead atoms. The highest BCUT2D eigenvalue weighted by Crippen LogP contribution is 2.19. The highest BCUT2D eigenvalue weighted by atomic mass is 19.2. The molecule has 2 atom stereocenters. The first-order valence-corrected chi connectivity index (χ1v) is 17.0. The summed E-state index contributed by atoms with van der Waals surface area (Å²) in [6, 6.07) is 17.8. The number of hydrogen-bond acceptors (Lipinski definition) is 7. The monoisotopic (exact) mass is 822 g/mol. The Hall–Kier alpha value is -6.06. The first-order chi connectivity index (χ1) is 26.4. The van der Waals surface area contributed by atoms with Gasteiger partial charge >= 0.3 is 24.1 Å². The summed E-state index contributed by atoms with van der Waals surface area (Å²) in [5.41, 5.74) is 0.277. The highest BCUT2D eigenvalue weighted by molar-refractivity contribution is 5.73. The minimum Gasteiger partial charge on any atom is -0.481 e. The average Bonchev–Trinajstić information content (AvgIpc) is 3.11. The second-order valence-corrected chi connectivity index (χ2v) is 13.3. The van der Waals surface area contributed by atoms with Gasteiger partial charge in [-0.05, 0) is 68.0 Å². The van der Waals surface area contributed by atoms with Gasteiger partial charge in [-0.25, -0.2) is 35.9 Å². The Morgan fingerprint density at radius 2 is 0.948 bits per heavy atom. The number of ether oxygens (including phenoxy) is 3. The molecule has 0 radical (unpaired) electrons. The van der Waals surface area contributed by atoms with E-state index in [4.69, 9.17) is 19.3 Å². The molecular formula is C42H48F6N2O8. The van der Waals surface area contributed by atoms with Crippen LogP contribution in [-0.2, 0) is 49.9 Å². The van der Waals surface area contributed by atoms with Crippen LogP contribution in [0.3, 0.4) is 0 Å². The Morgan fingerprint density at radius 1 is 0.586 bits per heavy atom. The maximum Gasteiger partial charge on any atom is 0.407 e. The van der Waals surface area contributed by atoms with Crippen molar-refractivity contribution < 1.29 is 64.8 Å². The molecule has 0 aromatic heterocycles. The Bertz CT molecular complexity index is 1950. The molecule has 3 N–H and O–H groups in total. The molecule has 316 valence electrons. The van der Waals surface area contributed by atoms with Crippen molar-refractivity contribution in [3.05, 3.63) is 142 Å². The van der Waals surface area contributed by atoms with Gasteiger partial charge in [-0.2, -0.15) is 0 Å². The van der Waals surface area contributed by atoms with Crippen molar-refractivity contribution in [2.45, 2.75) is 92.2 Å². The number of halogens is 6. The topological polar surface area (TPSA) is 140 Å². The van der Waals surface area contributed by atoms with Crippen LogP contribution in [0.2, 0.25) is 0 Å². The Kier molecular flexibility index (Phi) is 20.6. The summed E-state index contributed by atoms with van der Waals surface area (Å²) in [4.78, 5) is 47.2. The summed E-state index contributed by atoms with van der Waals surface area (Å²) in [6.45, 7) is 4.99. The van der Waals surface area contributed by atoms with E-state index >= 15 is 0 Å². The minimum atomic E-state index is -1.35. The van der Waals surface area contributed by atoms with Gasteiger partial charge in [0.05, 0.1) is 12.8 Å². The van der Waals surface area contributed by atoms with E-state index in [1.54, 1.807) is 75.4 Å². The lowest BCUT2D eigenvalue weighted by atomic mass is 10.0. The van der Waals surface area contributed by atoms with Gasteiger partial charge in [0.15, 0.2) is 23.3 Å². The van der Waals surface area contributed by atoms with E-state index in [-0.39, 0.29) is 58.5 Å². The molecule has 58 heavy (non-hydrogen) atoms. The van der Waals surface area contributed by atoms with Gasteiger partial charge in [-0.3, -0.25) is 9.59 Å². The van der Waals surface area contributed by atoms with Gasteiger partial charge in [0, 0.05) is 24.2 Å². The average molecular weight is 823 g/mol. The SMILES string of the molecule is C.C.CC(C)(C)OC(=O)C[C@@H](Cc1cc(F)c(F)cc1F)NC(=O)OCc1ccccc1.O=C(O)C[C@@H](Cc1cc(F)c(F)cc1F)NC(=O)OCc1ccccc1. The molecule has 0 aliphatic heterocycles. The van der Waals surface area contributed by atoms with Crippen molar-refractivity contribution in [3.63, 3.8) is 0 Å². The van der Waals surface area contributed by atoms with Crippen LogP contribution in [0.25, 0.3) is 0 Å². The standard InChI is InChI=1S/C22H24F3NO4.C18H16F3NO4.2CH4/c1-22(2,3)30-20(27)11-16(9-15-10-18(24)19(25)12-17(15)23)26-21(28)29-13-14-7-5-4-6-8-14;19-14-9-16(21)15(20)7-12(14)6-13(8-17(23)24)22-18(25)26-10-11-4-2-1-3-5-11;;/h4-8,10,12,16H,9,11,13H2,1-3H3,(H,26,28);1-5,7,9,13H,6,8,10H2,(H,22,25)(H,23,24);2*1H4/t16-;13-;;/m11../s1. The van der Waals surface area contributed by atoms with Crippen LogP contribution in [0.15, 0.2) is 84.9 Å². The molecule has 10 nitrogen and oxygen atoms in total. The summed E-state index contributed by atoms with van der Waals surface area (Å²) in [5.74, 6) is -9.07. The second-order valence-electron chi connectivity index (χ2n) is 13.3. The van der Waals surface area contributed by atoms with E-state index in [0.29, 0.717) is 24.3 Å².